The lowest BCUT2D eigenvalue weighted by molar-refractivity contribution is -0.119. The maximum absolute atomic E-state index is 13.3. The fourth-order valence-electron chi connectivity index (χ4n) is 4.24. The Morgan fingerprint density at radius 3 is 2.43 bits per heavy atom. The van der Waals surface area contributed by atoms with Gasteiger partial charge in [0.2, 0.25) is 0 Å². The van der Waals surface area contributed by atoms with Gasteiger partial charge in [0, 0.05) is 24.9 Å². The second-order valence-electron chi connectivity index (χ2n) is 8.35. The van der Waals surface area contributed by atoms with Crippen molar-refractivity contribution in [3.05, 3.63) is 82.4 Å². The van der Waals surface area contributed by atoms with Gasteiger partial charge in [-0.25, -0.2) is 4.39 Å². The first-order valence-corrected chi connectivity index (χ1v) is 9.36. The van der Waals surface area contributed by atoms with Gasteiger partial charge < -0.3 is 10.0 Å². The van der Waals surface area contributed by atoms with Crippen LogP contribution in [0, 0.1) is 11.2 Å². The quantitative estimate of drug-likeness (QED) is 0.839. The van der Waals surface area contributed by atoms with E-state index in [4.69, 9.17) is 0 Å². The fourth-order valence-corrected chi connectivity index (χ4v) is 4.24. The molecule has 5 heteroatoms. The minimum absolute atomic E-state index is 0.0554. The van der Waals surface area contributed by atoms with E-state index in [-0.39, 0.29) is 35.2 Å². The highest BCUT2D eigenvalue weighted by atomic mass is 19.1. The van der Waals surface area contributed by atoms with Crippen LogP contribution in [0.2, 0.25) is 0 Å². The molecule has 144 valence electrons. The van der Waals surface area contributed by atoms with Crippen LogP contribution < -0.4 is 0 Å². The fraction of sp³-hybridized carbons (Fsp3) is 0.304. The first-order chi connectivity index (χ1) is 13.3. The zero-order valence-electron chi connectivity index (χ0n) is 15.9. The summed E-state index contributed by atoms with van der Waals surface area (Å²) in [6, 6.07) is 12.5. The van der Waals surface area contributed by atoms with Crippen molar-refractivity contribution < 1.29 is 19.1 Å². The van der Waals surface area contributed by atoms with Gasteiger partial charge in [-0.2, -0.15) is 0 Å². The molecule has 4 rings (SSSR count). The molecule has 0 radical (unpaired) electrons. The summed E-state index contributed by atoms with van der Waals surface area (Å²) < 4.78 is 13.3. The molecule has 0 bridgehead atoms. The molecule has 1 N–H and O–H groups in total. The Balaban J connectivity index is 1.80. The number of rotatable bonds is 3. The number of benzene rings is 2. The first kappa shape index (κ1) is 18.4. The van der Waals surface area contributed by atoms with Crippen LogP contribution in [0.3, 0.4) is 0 Å². The van der Waals surface area contributed by atoms with Gasteiger partial charge in [-0.1, -0.05) is 44.2 Å². The van der Waals surface area contributed by atoms with Crippen LogP contribution in [0.25, 0.3) is 0 Å². The standard InChI is InChI=1S/C23H22FNO3/c1-23(2)11-18(26)20(19(27)12-23)21-16-5-3-4-6-17(16)22(28)25(21)13-14-7-9-15(24)10-8-14/h3-10,21,26H,11-13H2,1-2H3. The van der Waals surface area contributed by atoms with E-state index in [1.807, 2.05) is 26.0 Å². The van der Waals surface area contributed by atoms with Gasteiger partial charge in [-0.15, -0.1) is 0 Å². The Morgan fingerprint density at radius 2 is 1.75 bits per heavy atom. The maximum atomic E-state index is 13.3. The van der Waals surface area contributed by atoms with Crippen molar-refractivity contribution in [3.63, 3.8) is 0 Å². The third-order valence-corrected chi connectivity index (χ3v) is 5.49. The largest absolute Gasteiger partial charge is 0.512 e. The summed E-state index contributed by atoms with van der Waals surface area (Å²) in [5, 5.41) is 10.7. The Hall–Kier alpha value is -2.95. The normalized spacial score (nSPS) is 21.2. The number of aliphatic hydroxyl groups excluding tert-OH is 1. The molecule has 2 aromatic carbocycles. The Morgan fingerprint density at radius 1 is 1.07 bits per heavy atom. The second kappa shape index (κ2) is 6.59. The molecule has 1 unspecified atom stereocenters. The van der Waals surface area contributed by atoms with E-state index in [0.717, 1.165) is 11.1 Å². The number of nitrogens with zero attached hydrogens (tertiary/aromatic N) is 1. The second-order valence-corrected chi connectivity index (χ2v) is 8.35. The van der Waals surface area contributed by atoms with Gasteiger partial charge >= 0.3 is 0 Å². The number of ketones is 1. The Kier molecular flexibility index (Phi) is 4.33. The Labute approximate surface area is 163 Å². The maximum Gasteiger partial charge on any atom is 0.255 e. The number of hydrogen-bond donors (Lipinski definition) is 1. The summed E-state index contributed by atoms with van der Waals surface area (Å²) >= 11 is 0. The predicted octanol–water partition coefficient (Wildman–Crippen LogP) is 4.72. The summed E-state index contributed by atoms with van der Waals surface area (Å²) in [6.45, 7) is 4.12. The number of allylic oxidation sites excluding steroid dienone is 1. The van der Waals surface area contributed by atoms with Crippen molar-refractivity contribution in [2.45, 2.75) is 39.3 Å². The van der Waals surface area contributed by atoms with Gasteiger partial charge in [-0.3, -0.25) is 9.59 Å². The van der Waals surface area contributed by atoms with Crippen LogP contribution in [-0.2, 0) is 11.3 Å². The Bertz CT molecular complexity index is 991. The van der Waals surface area contributed by atoms with E-state index < -0.39 is 6.04 Å². The van der Waals surface area contributed by atoms with Crippen LogP contribution in [0.5, 0.6) is 0 Å². The minimum atomic E-state index is -0.627. The monoisotopic (exact) mass is 379 g/mol. The SMILES string of the molecule is CC1(C)CC(=O)C(C2c3ccccc3C(=O)N2Cc2ccc(F)cc2)=C(O)C1. The van der Waals surface area contributed by atoms with Crippen LogP contribution >= 0.6 is 0 Å². The number of Topliss-reactive ketones (excluding diaryl/α,β-unsaturated/α-hetero) is 1. The van der Waals surface area contributed by atoms with Crippen LogP contribution in [0.15, 0.2) is 59.9 Å². The molecule has 0 aromatic heterocycles. The van der Waals surface area contributed by atoms with E-state index in [1.165, 1.54) is 12.1 Å². The molecule has 0 spiro atoms. The van der Waals surface area contributed by atoms with Crippen molar-refractivity contribution >= 4 is 11.7 Å². The number of carbonyl (C=O) groups excluding carboxylic acids is 2. The van der Waals surface area contributed by atoms with Crippen molar-refractivity contribution in [2.75, 3.05) is 0 Å². The topological polar surface area (TPSA) is 57.6 Å². The molecule has 1 heterocycles. The molecular formula is C23H22FNO3. The molecule has 4 nitrogen and oxygen atoms in total. The highest BCUT2D eigenvalue weighted by molar-refractivity contribution is 6.05. The summed E-state index contributed by atoms with van der Waals surface area (Å²) in [5.74, 6) is -0.614. The number of amides is 1. The number of hydrogen-bond acceptors (Lipinski definition) is 3. The van der Waals surface area contributed by atoms with Crippen molar-refractivity contribution in [2.24, 2.45) is 5.41 Å². The number of fused-ring (bicyclic) bond motifs is 1. The summed E-state index contributed by atoms with van der Waals surface area (Å²) in [6.07, 6.45) is 0.717. The predicted molar refractivity (Wildman–Crippen MR) is 103 cm³/mol. The molecule has 1 aliphatic heterocycles. The third kappa shape index (κ3) is 3.11. The van der Waals surface area contributed by atoms with Gasteiger partial charge in [0.25, 0.3) is 5.91 Å². The van der Waals surface area contributed by atoms with Gasteiger partial charge in [0.05, 0.1) is 11.6 Å². The van der Waals surface area contributed by atoms with E-state index in [9.17, 15) is 19.1 Å². The number of halogens is 1. The average Bonchev–Trinajstić information content (AvgIpc) is 2.88. The van der Waals surface area contributed by atoms with Gasteiger partial charge in [0.15, 0.2) is 5.78 Å². The molecule has 28 heavy (non-hydrogen) atoms. The number of carbonyl (C=O) groups is 2. The van der Waals surface area contributed by atoms with Crippen LogP contribution in [-0.4, -0.2) is 21.7 Å². The molecule has 0 fully saturated rings. The van der Waals surface area contributed by atoms with E-state index in [1.54, 1.807) is 29.2 Å². The molecule has 0 saturated heterocycles. The highest BCUT2D eigenvalue weighted by Gasteiger charge is 2.45. The summed E-state index contributed by atoms with van der Waals surface area (Å²) in [5.41, 5.74) is 2.02. The van der Waals surface area contributed by atoms with Crippen molar-refractivity contribution in [1.29, 1.82) is 0 Å². The zero-order valence-corrected chi connectivity index (χ0v) is 15.9. The van der Waals surface area contributed by atoms with Crippen LogP contribution in [0.4, 0.5) is 4.39 Å². The molecular weight excluding hydrogens is 357 g/mol. The van der Waals surface area contributed by atoms with E-state index in [0.29, 0.717) is 24.0 Å². The molecule has 0 saturated carbocycles. The lowest BCUT2D eigenvalue weighted by atomic mass is 9.74. The summed E-state index contributed by atoms with van der Waals surface area (Å²) in [7, 11) is 0. The first-order valence-electron chi connectivity index (χ1n) is 9.36. The average molecular weight is 379 g/mol. The smallest absolute Gasteiger partial charge is 0.255 e. The van der Waals surface area contributed by atoms with E-state index in [2.05, 4.69) is 0 Å². The lowest BCUT2D eigenvalue weighted by Gasteiger charge is -2.34. The molecule has 1 amide bonds. The minimum Gasteiger partial charge on any atom is -0.512 e. The summed E-state index contributed by atoms with van der Waals surface area (Å²) in [4.78, 5) is 27.7. The zero-order chi connectivity index (χ0) is 20.1. The molecule has 1 aliphatic carbocycles. The van der Waals surface area contributed by atoms with Crippen molar-refractivity contribution in [3.8, 4) is 0 Å². The highest BCUT2D eigenvalue weighted by Crippen LogP contribution is 2.46. The molecule has 2 aliphatic rings. The number of aliphatic hydroxyl groups is 1. The lowest BCUT2D eigenvalue weighted by Crippen LogP contribution is -2.35. The van der Waals surface area contributed by atoms with E-state index >= 15 is 0 Å². The third-order valence-electron chi connectivity index (χ3n) is 5.49. The van der Waals surface area contributed by atoms with Crippen molar-refractivity contribution in [1.82, 2.24) is 4.90 Å². The molecule has 2 aromatic rings. The van der Waals surface area contributed by atoms with Crippen LogP contribution in [0.1, 0.15) is 54.2 Å². The van der Waals surface area contributed by atoms with Gasteiger partial charge in [-0.05, 0) is 34.7 Å². The molecule has 1 atom stereocenters. The van der Waals surface area contributed by atoms with Gasteiger partial charge in [0.1, 0.15) is 11.6 Å².